The van der Waals surface area contributed by atoms with Crippen molar-refractivity contribution in [3.63, 3.8) is 0 Å². The Kier molecular flexibility index (Phi) is 5.91. The van der Waals surface area contributed by atoms with Crippen LogP contribution in [0.3, 0.4) is 0 Å². The van der Waals surface area contributed by atoms with Crippen LogP contribution < -0.4 is 10.1 Å². The highest BCUT2D eigenvalue weighted by atomic mass is 16.5. The van der Waals surface area contributed by atoms with Crippen LogP contribution in [-0.2, 0) is 9.59 Å². The summed E-state index contributed by atoms with van der Waals surface area (Å²) in [5.74, 6) is 0.946. The Morgan fingerprint density at radius 3 is 2.56 bits per heavy atom. The van der Waals surface area contributed by atoms with Crippen molar-refractivity contribution in [3.05, 3.63) is 30.3 Å². The van der Waals surface area contributed by atoms with E-state index >= 15 is 0 Å². The fraction of sp³-hybridized carbons (Fsp3) is 0.579. The zero-order chi connectivity index (χ0) is 17.6. The number of piperidine rings is 1. The fourth-order valence-corrected chi connectivity index (χ4v) is 3.57. The van der Waals surface area contributed by atoms with Crippen molar-refractivity contribution in [2.24, 2.45) is 5.92 Å². The number of amides is 2. The van der Waals surface area contributed by atoms with E-state index < -0.39 is 0 Å². The lowest BCUT2D eigenvalue weighted by atomic mass is 9.94. The van der Waals surface area contributed by atoms with Gasteiger partial charge in [-0.15, -0.1) is 0 Å². The van der Waals surface area contributed by atoms with E-state index in [4.69, 9.17) is 4.74 Å². The minimum absolute atomic E-state index is 0.0110. The van der Waals surface area contributed by atoms with Crippen molar-refractivity contribution >= 4 is 11.8 Å². The van der Waals surface area contributed by atoms with Gasteiger partial charge in [0.15, 0.2) is 6.61 Å². The molecule has 0 saturated carbocycles. The minimum Gasteiger partial charge on any atom is -0.484 e. The molecule has 2 aliphatic rings. The van der Waals surface area contributed by atoms with Crippen LogP contribution >= 0.6 is 0 Å². The van der Waals surface area contributed by atoms with E-state index in [-0.39, 0.29) is 24.3 Å². The van der Waals surface area contributed by atoms with Crippen molar-refractivity contribution in [3.8, 4) is 5.75 Å². The topological polar surface area (TPSA) is 61.9 Å². The van der Waals surface area contributed by atoms with E-state index in [1.807, 2.05) is 47.2 Å². The molecular formula is C19H27N3O3. The van der Waals surface area contributed by atoms with Crippen LogP contribution in [0.15, 0.2) is 30.3 Å². The number of nitrogens with zero attached hydrogens (tertiary/aromatic N) is 2. The lowest BCUT2D eigenvalue weighted by Gasteiger charge is -2.34. The van der Waals surface area contributed by atoms with Gasteiger partial charge in [0, 0.05) is 38.6 Å². The summed E-state index contributed by atoms with van der Waals surface area (Å²) < 4.78 is 5.53. The molecule has 6 nitrogen and oxygen atoms in total. The Hall–Kier alpha value is -2.08. The summed E-state index contributed by atoms with van der Waals surface area (Å²) in [6.07, 6.45) is 2.50. The van der Waals surface area contributed by atoms with Gasteiger partial charge in [-0.2, -0.15) is 0 Å². The lowest BCUT2D eigenvalue weighted by molar-refractivity contribution is -0.141. The molecule has 25 heavy (non-hydrogen) atoms. The van der Waals surface area contributed by atoms with E-state index in [9.17, 15) is 9.59 Å². The van der Waals surface area contributed by atoms with Crippen molar-refractivity contribution in [1.29, 1.82) is 0 Å². The van der Waals surface area contributed by atoms with Crippen molar-refractivity contribution in [2.75, 3.05) is 39.8 Å². The van der Waals surface area contributed by atoms with Gasteiger partial charge in [0.25, 0.3) is 5.91 Å². The second-order valence-corrected chi connectivity index (χ2v) is 6.85. The smallest absolute Gasteiger partial charge is 0.260 e. The van der Waals surface area contributed by atoms with Crippen LogP contribution in [0.5, 0.6) is 5.75 Å². The quantitative estimate of drug-likeness (QED) is 0.869. The molecule has 136 valence electrons. The van der Waals surface area contributed by atoms with Crippen molar-refractivity contribution < 1.29 is 14.3 Å². The Morgan fingerprint density at radius 2 is 1.92 bits per heavy atom. The first-order chi connectivity index (χ1) is 12.1. The number of rotatable bonds is 5. The van der Waals surface area contributed by atoms with Gasteiger partial charge in [-0.1, -0.05) is 18.2 Å². The average molecular weight is 345 g/mol. The SMILES string of the molecule is CN(C(=O)C1CCN(C(=O)COc2ccccc2)CC1)C1CCNC1. The molecule has 0 radical (unpaired) electrons. The number of carbonyl (C=O) groups excluding carboxylic acids is 2. The van der Waals surface area contributed by atoms with Crippen molar-refractivity contribution in [2.45, 2.75) is 25.3 Å². The van der Waals surface area contributed by atoms with Gasteiger partial charge >= 0.3 is 0 Å². The summed E-state index contributed by atoms with van der Waals surface area (Å²) in [5, 5.41) is 3.30. The lowest BCUT2D eigenvalue weighted by Crippen LogP contribution is -2.47. The number of likely N-dealkylation sites (tertiary alicyclic amines) is 1. The number of ether oxygens (including phenoxy) is 1. The molecule has 0 aliphatic carbocycles. The van der Waals surface area contributed by atoms with E-state index in [2.05, 4.69) is 5.32 Å². The van der Waals surface area contributed by atoms with E-state index in [1.165, 1.54) is 0 Å². The van der Waals surface area contributed by atoms with Crippen LogP contribution in [0.4, 0.5) is 0 Å². The zero-order valence-electron chi connectivity index (χ0n) is 14.8. The number of carbonyl (C=O) groups is 2. The normalized spacial score (nSPS) is 21.2. The van der Waals surface area contributed by atoms with Gasteiger partial charge in [0.05, 0.1) is 0 Å². The maximum atomic E-state index is 12.6. The van der Waals surface area contributed by atoms with Crippen LogP contribution in [0.25, 0.3) is 0 Å². The van der Waals surface area contributed by atoms with Crippen LogP contribution in [0, 0.1) is 5.92 Å². The third kappa shape index (κ3) is 4.51. The molecular weight excluding hydrogens is 318 g/mol. The highest BCUT2D eigenvalue weighted by molar-refractivity contribution is 5.80. The molecule has 2 fully saturated rings. The number of nitrogens with one attached hydrogen (secondary N) is 1. The third-order valence-electron chi connectivity index (χ3n) is 5.23. The van der Waals surface area contributed by atoms with E-state index in [1.54, 1.807) is 0 Å². The highest BCUT2D eigenvalue weighted by Gasteiger charge is 2.32. The molecule has 0 spiro atoms. The first-order valence-electron chi connectivity index (χ1n) is 9.08. The molecule has 2 saturated heterocycles. The van der Waals surface area contributed by atoms with Crippen molar-refractivity contribution in [1.82, 2.24) is 15.1 Å². The van der Waals surface area contributed by atoms with Gasteiger partial charge < -0.3 is 19.9 Å². The molecule has 2 heterocycles. The van der Waals surface area contributed by atoms with Crippen LogP contribution in [-0.4, -0.2) is 67.5 Å². The molecule has 0 aromatic heterocycles. The fourth-order valence-electron chi connectivity index (χ4n) is 3.57. The average Bonchev–Trinajstić information content (AvgIpc) is 3.20. The second-order valence-electron chi connectivity index (χ2n) is 6.85. The Balaban J connectivity index is 1.43. The molecule has 1 aromatic rings. The highest BCUT2D eigenvalue weighted by Crippen LogP contribution is 2.21. The molecule has 0 bridgehead atoms. The van der Waals surface area contributed by atoms with Crippen LogP contribution in [0.2, 0.25) is 0 Å². The molecule has 1 atom stereocenters. The number of likely N-dealkylation sites (N-methyl/N-ethyl adjacent to an activating group) is 1. The van der Waals surface area contributed by atoms with Gasteiger partial charge in [-0.25, -0.2) is 0 Å². The monoisotopic (exact) mass is 345 g/mol. The molecule has 2 aliphatic heterocycles. The zero-order valence-corrected chi connectivity index (χ0v) is 14.8. The van der Waals surface area contributed by atoms with Gasteiger partial charge in [-0.05, 0) is 37.9 Å². The molecule has 6 heteroatoms. The summed E-state index contributed by atoms with van der Waals surface area (Å²) in [6.45, 7) is 3.18. The Morgan fingerprint density at radius 1 is 1.20 bits per heavy atom. The summed E-state index contributed by atoms with van der Waals surface area (Å²) >= 11 is 0. The number of hydrogen-bond acceptors (Lipinski definition) is 4. The maximum Gasteiger partial charge on any atom is 0.260 e. The summed E-state index contributed by atoms with van der Waals surface area (Å²) in [5.41, 5.74) is 0. The standard InChI is InChI=1S/C19H27N3O3/c1-21(16-7-10-20-13-16)19(24)15-8-11-22(12-9-15)18(23)14-25-17-5-3-2-4-6-17/h2-6,15-16,20H,7-14H2,1H3. The molecule has 1 unspecified atom stereocenters. The second kappa shape index (κ2) is 8.34. The third-order valence-corrected chi connectivity index (χ3v) is 5.23. The Bertz CT molecular complexity index is 579. The number of hydrogen-bond donors (Lipinski definition) is 1. The first-order valence-corrected chi connectivity index (χ1v) is 9.08. The molecule has 3 rings (SSSR count). The maximum absolute atomic E-state index is 12.6. The summed E-state index contributed by atoms with van der Waals surface area (Å²) in [6, 6.07) is 9.67. The Labute approximate surface area is 149 Å². The number of para-hydroxylation sites is 1. The van der Waals surface area contributed by atoms with Crippen LogP contribution in [0.1, 0.15) is 19.3 Å². The van der Waals surface area contributed by atoms with E-state index in [0.717, 1.165) is 32.4 Å². The predicted molar refractivity (Wildman–Crippen MR) is 95.3 cm³/mol. The molecule has 1 N–H and O–H groups in total. The first kappa shape index (κ1) is 17.7. The predicted octanol–water partition coefficient (Wildman–Crippen LogP) is 1.12. The van der Waals surface area contributed by atoms with Gasteiger partial charge in [0.2, 0.25) is 5.91 Å². The molecule has 2 amide bonds. The number of benzene rings is 1. The summed E-state index contributed by atoms with van der Waals surface area (Å²) in [7, 11) is 1.91. The van der Waals surface area contributed by atoms with Gasteiger partial charge in [0.1, 0.15) is 5.75 Å². The van der Waals surface area contributed by atoms with E-state index in [0.29, 0.717) is 24.9 Å². The molecule has 1 aromatic carbocycles. The largest absolute Gasteiger partial charge is 0.484 e. The van der Waals surface area contributed by atoms with Gasteiger partial charge in [-0.3, -0.25) is 9.59 Å². The summed E-state index contributed by atoms with van der Waals surface area (Å²) in [4.78, 5) is 28.6. The minimum atomic E-state index is -0.0110.